The van der Waals surface area contributed by atoms with Gasteiger partial charge in [0.25, 0.3) is 11.4 Å². The Morgan fingerprint density at radius 2 is 1.47 bits per heavy atom. The standard InChI is InChI=1S/C12H7BrN2O4/c13-10-7-11(14(16)17)9(6-12(10)15(18)19)8-4-2-1-3-5-8/h1-7H. The Balaban J connectivity index is 2.73. The normalized spacial score (nSPS) is 10.2. The van der Waals surface area contributed by atoms with Crippen LogP contribution >= 0.6 is 15.9 Å². The molecule has 0 saturated carbocycles. The predicted octanol–water partition coefficient (Wildman–Crippen LogP) is 3.93. The molecule has 0 heterocycles. The van der Waals surface area contributed by atoms with E-state index in [1.165, 1.54) is 6.07 Å². The van der Waals surface area contributed by atoms with Gasteiger partial charge in [-0.3, -0.25) is 20.2 Å². The van der Waals surface area contributed by atoms with E-state index in [1.54, 1.807) is 30.3 Å². The van der Waals surface area contributed by atoms with E-state index < -0.39 is 9.85 Å². The Hall–Kier alpha value is -2.28. The monoisotopic (exact) mass is 322 g/mol. The second kappa shape index (κ2) is 5.15. The largest absolute Gasteiger partial charge is 0.284 e. The maximum Gasteiger partial charge on any atom is 0.284 e. The molecule has 0 fully saturated rings. The third-order valence-electron chi connectivity index (χ3n) is 2.54. The van der Waals surface area contributed by atoms with E-state index in [4.69, 9.17) is 0 Å². The minimum Gasteiger partial charge on any atom is -0.258 e. The van der Waals surface area contributed by atoms with Gasteiger partial charge in [-0.1, -0.05) is 30.3 Å². The predicted molar refractivity (Wildman–Crippen MR) is 72.9 cm³/mol. The summed E-state index contributed by atoms with van der Waals surface area (Å²) in [5, 5.41) is 21.9. The summed E-state index contributed by atoms with van der Waals surface area (Å²) in [7, 11) is 0. The molecular formula is C12H7BrN2O4. The summed E-state index contributed by atoms with van der Waals surface area (Å²) in [6.45, 7) is 0. The average Bonchev–Trinajstić information content (AvgIpc) is 2.38. The molecule has 0 unspecified atom stereocenters. The molecular weight excluding hydrogens is 316 g/mol. The van der Waals surface area contributed by atoms with E-state index in [-0.39, 0.29) is 21.4 Å². The van der Waals surface area contributed by atoms with Crippen LogP contribution in [0.15, 0.2) is 46.9 Å². The number of rotatable bonds is 3. The minimum atomic E-state index is -0.583. The highest BCUT2D eigenvalue weighted by molar-refractivity contribution is 9.10. The molecule has 0 bridgehead atoms. The Labute approximate surface area is 116 Å². The van der Waals surface area contributed by atoms with Gasteiger partial charge in [-0.05, 0) is 21.5 Å². The van der Waals surface area contributed by atoms with Crippen molar-refractivity contribution in [3.8, 4) is 11.1 Å². The van der Waals surface area contributed by atoms with Crippen molar-refractivity contribution in [3.63, 3.8) is 0 Å². The topological polar surface area (TPSA) is 86.3 Å². The highest BCUT2D eigenvalue weighted by Gasteiger charge is 2.23. The molecule has 0 aliphatic carbocycles. The molecule has 0 aliphatic rings. The van der Waals surface area contributed by atoms with Crippen molar-refractivity contribution >= 4 is 27.3 Å². The highest BCUT2D eigenvalue weighted by Crippen LogP contribution is 2.38. The molecule has 2 aromatic carbocycles. The molecule has 6 nitrogen and oxygen atoms in total. The number of nitro benzene ring substituents is 2. The Morgan fingerprint density at radius 1 is 0.895 bits per heavy atom. The summed E-state index contributed by atoms with van der Waals surface area (Å²) in [5.74, 6) is 0. The molecule has 0 N–H and O–H groups in total. The van der Waals surface area contributed by atoms with Gasteiger partial charge in [0.1, 0.15) is 4.47 Å². The number of hydrogen-bond acceptors (Lipinski definition) is 4. The minimum absolute atomic E-state index is 0.0869. The van der Waals surface area contributed by atoms with Crippen molar-refractivity contribution in [3.05, 3.63) is 67.2 Å². The van der Waals surface area contributed by atoms with Gasteiger partial charge in [-0.15, -0.1) is 0 Å². The molecule has 2 rings (SSSR count). The molecule has 7 heteroatoms. The zero-order valence-corrected chi connectivity index (χ0v) is 11.0. The van der Waals surface area contributed by atoms with Crippen molar-refractivity contribution < 1.29 is 9.85 Å². The summed E-state index contributed by atoms with van der Waals surface area (Å²) >= 11 is 2.98. The molecule has 0 amide bonds. The number of halogens is 1. The van der Waals surface area contributed by atoms with Crippen molar-refractivity contribution in [1.29, 1.82) is 0 Å². The summed E-state index contributed by atoms with van der Waals surface area (Å²) < 4.78 is 0.0869. The Bertz CT molecular complexity index is 658. The van der Waals surface area contributed by atoms with Gasteiger partial charge in [0, 0.05) is 12.1 Å². The lowest BCUT2D eigenvalue weighted by Crippen LogP contribution is -1.96. The lowest BCUT2D eigenvalue weighted by atomic mass is 10.0. The van der Waals surface area contributed by atoms with Gasteiger partial charge < -0.3 is 0 Å². The quantitative estimate of drug-likeness (QED) is 0.632. The zero-order chi connectivity index (χ0) is 14.0. The molecule has 96 valence electrons. The van der Waals surface area contributed by atoms with Crippen LogP contribution in [-0.2, 0) is 0 Å². The maximum absolute atomic E-state index is 11.0. The smallest absolute Gasteiger partial charge is 0.258 e. The highest BCUT2D eigenvalue weighted by atomic mass is 79.9. The third kappa shape index (κ3) is 2.60. The molecule has 0 spiro atoms. The zero-order valence-electron chi connectivity index (χ0n) is 9.45. The number of nitro groups is 2. The molecule has 0 atom stereocenters. The molecule has 0 radical (unpaired) electrons. The van der Waals surface area contributed by atoms with Crippen LogP contribution in [0.1, 0.15) is 0 Å². The van der Waals surface area contributed by atoms with Gasteiger partial charge >= 0.3 is 0 Å². The molecule has 0 saturated heterocycles. The lowest BCUT2D eigenvalue weighted by molar-refractivity contribution is -0.389. The van der Waals surface area contributed by atoms with Gasteiger partial charge in [0.15, 0.2) is 0 Å². The third-order valence-corrected chi connectivity index (χ3v) is 3.18. The summed E-state index contributed by atoms with van der Waals surface area (Å²) in [5.41, 5.74) is 0.401. The van der Waals surface area contributed by atoms with Gasteiger partial charge in [-0.25, -0.2) is 0 Å². The van der Waals surface area contributed by atoms with Gasteiger partial charge in [0.05, 0.1) is 15.4 Å². The van der Waals surface area contributed by atoms with Crippen molar-refractivity contribution in [1.82, 2.24) is 0 Å². The second-order valence-electron chi connectivity index (χ2n) is 3.70. The van der Waals surface area contributed by atoms with Gasteiger partial charge in [-0.2, -0.15) is 0 Å². The number of benzene rings is 2. The van der Waals surface area contributed by atoms with E-state index in [1.807, 2.05) is 0 Å². The fourth-order valence-electron chi connectivity index (χ4n) is 1.69. The number of nitrogens with zero attached hydrogens (tertiary/aromatic N) is 2. The van der Waals surface area contributed by atoms with Crippen molar-refractivity contribution in [2.45, 2.75) is 0 Å². The average molecular weight is 323 g/mol. The molecule has 0 aliphatic heterocycles. The molecule has 0 aromatic heterocycles. The Kier molecular flexibility index (Phi) is 3.57. The van der Waals surface area contributed by atoms with Crippen LogP contribution in [0.25, 0.3) is 11.1 Å². The van der Waals surface area contributed by atoms with Crippen LogP contribution in [0.2, 0.25) is 0 Å². The maximum atomic E-state index is 11.0. The first kappa shape index (κ1) is 13.2. The Morgan fingerprint density at radius 3 is 2.00 bits per heavy atom. The first-order chi connectivity index (χ1) is 9.00. The summed E-state index contributed by atoms with van der Waals surface area (Å²) in [6, 6.07) is 10.9. The van der Waals surface area contributed by atoms with Crippen LogP contribution in [-0.4, -0.2) is 9.85 Å². The van der Waals surface area contributed by atoms with E-state index in [0.717, 1.165) is 6.07 Å². The van der Waals surface area contributed by atoms with Crippen molar-refractivity contribution in [2.24, 2.45) is 0 Å². The SMILES string of the molecule is O=[N+]([O-])c1cc(-c2ccccc2)c([N+](=O)[O-])cc1Br. The van der Waals surface area contributed by atoms with Crippen LogP contribution in [0, 0.1) is 20.2 Å². The fourth-order valence-corrected chi connectivity index (χ4v) is 2.17. The van der Waals surface area contributed by atoms with E-state index in [9.17, 15) is 20.2 Å². The van der Waals surface area contributed by atoms with E-state index >= 15 is 0 Å². The first-order valence-electron chi connectivity index (χ1n) is 5.18. The van der Waals surface area contributed by atoms with E-state index in [0.29, 0.717) is 5.56 Å². The number of hydrogen-bond donors (Lipinski definition) is 0. The fraction of sp³-hybridized carbons (Fsp3) is 0. The molecule has 2 aromatic rings. The van der Waals surface area contributed by atoms with Crippen LogP contribution in [0.5, 0.6) is 0 Å². The van der Waals surface area contributed by atoms with Crippen LogP contribution < -0.4 is 0 Å². The van der Waals surface area contributed by atoms with Crippen molar-refractivity contribution in [2.75, 3.05) is 0 Å². The van der Waals surface area contributed by atoms with Crippen LogP contribution in [0.3, 0.4) is 0 Å². The van der Waals surface area contributed by atoms with Gasteiger partial charge in [0.2, 0.25) is 0 Å². The second-order valence-corrected chi connectivity index (χ2v) is 4.56. The van der Waals surface area contributed by atoms with Crippen LogP contribution in [0.4, 0.5) is 11.4 Å². The molecule has 19 heavy (non-hydrogen) atoms. The lowest BCUT2D eigenvalue weighted by Gasteiger charge is -2.04. The summed E-state index contributed by atoms with van der Waals surface area (Å²) in [4.78, 5) is 20.8. The van der Waals surface area contributed by atoms with E-state index in [2.05, 4.69) is 15.9 Å². The first-order valence-corrected chi connectivity index (χ1v) is 5.97. The summed E-state index contributed by atoms with van der Waals surface area (Å²) in [6.07, 6.45) is 0.